The van der Waals surface area contributed by atoms with E-state index in [9.17, 15) is 4.79 Å². The first-order valence-corrected chi connectivity index (χ1v) is 6.17. The number of carbonyl (C=O) groups is 1. The van der Waals surface area contributed by atoms with Gasteiger partial charge in [0.1, 0.15) is 0 Å². The lowest BCUT2D eigenvalue weighted by Crippen LogP contribution is -2.46. The van der Waals surface area contributed by atoms with E-state index in [2.05, 4.69) is 17.6 Å². The molecular formula is C12H22N2O2. The van der Waals surface area contributed by atoms with Crippen molar-refractivity contribution in [2.75, 3.05) is 20.2 Å². The number of amides is 1. The van der Waals surface area contributed by atoms with Crippen LogP contribution in [0.25, 0.3) is 0 Å². The van der Waals surface area contributed by atoms with Gasteiger partial charge in [-0.3, -0.25) is 4.79 Å². The second kappa shape index (κ2) is 4.72. The number of hydrogen-bond acceptors (Lipinski definition) is 3. The maximum absolute atomic E-state index is 11.9. The number of carbonyl (C=O) groups excluding carboxylic acids is 1. The van der Waals surface area contributed by atoms with Crippen molar-refractivity contribution in [3.63, 3.8) is 0 Å². The van der Waals surface area contributed by atoms with E-state index in [1.54, 1.807) is 7.11 Å². The molecule has 0 aromatic rings. The number of methoxy groups -OCH3 is 1. The molecule has 2 fully saturated rings. The summed E-state index contributed by atoms with van der Waals surface area (Å²) in [5.74, 6) is 0.132. The van der Waals surface area contributed by atoms with Crippen LogP contribution in [0.5, 0.6) is 0 Å². The van der Waals surface area contributed by atoms with E-state index in [1.165, 1.54) is 19.3 Å². The molecule has 2 N–H and O–H groups in total. The van der Waals surface area contributed by atoms with Gasteiger partial charge in [0, 0.05) is 20.2 Å². The first-order chi connectivity index (χ1) is 7.63. The minimum absolute atomic E-state index is 0.0615. The molecule has 16 heavy (non-hydrogen) atoms. The van der Waals surface area contributed by atoms with Crippen molar-refractivity contribution in [2.45, 2.75) is 44.8 Å². The third-order valence-corrected chi connectivity index (χ3v) is 3.99. The summed E-state index contributed by atoms with van der Waals surface area (Å²) in [6.45, 7) is 3.85. The quantitative estimate of drug-likeness (QED) is 0.741. The smallest absolute Gasteiger partial charge is 0.237 e. The van der Waals surface area contributed by atoms with Crippen molar-refractivity contribution in [3.05, 3.63) is 0 Å². The summed E-state index contributed by atoms with van der Waals surface area (Å²) in [6.07, 6.45) is 4.77. The van der Waals surface area contributed by atoms with Crippen LogP contribution in [-0.4, -0.2) is 38.3 Å². The maximum atomic E-state index is 11.9. The molecule has 0 aromatic carbocycles. The van der Waals surface area contributed by atoms with Crippen molar-refractivity contribution in [1.29, 1.82) is 0 Å². The third kappa shape index (κ3) is 2.55. The molecule has 1 saturated carbocycles. The lowest BCUT2D eigenvalue weighted by molar-refractivity contribution is -0.123. The van der Waals surface area contributed by atoms with Gasteiger partial charge in [-0.15, -0.1) is 0 Å². The van der Waals surface area contributed by atoms with Crippen molar-refractivity contribution < 1.29 is 9.53 Å². The summed E-state index contributed by atoms with van der Waals surface area (Å²) < 4.78 is 5.23. The molecule has 0 radical (unpaired) electrons. The van der Waals surface area contributed by atoms with Crippen LogP contribution in [0.2, 0.25) is 0 Å². The number of ether oxygens (including phenoxy) is 1. The summed E-state index contributed by atoms with van der Waals surface area (Å²) in [5.41, 5.74) is 0.356. The van der Waals surface area contributed by atoms with Crippen LogP contribution < -0.4 is 10.6 Å². The van der Waals surface area contributed by atoms with E-state index >= 15 is 0 Å². The van der Waals surface area contributed by atoms with E-state index in [1.807, 2.05) is 0 Å². The van der Waals surface area contributed by atoms with Gasteiger partial charge in [0.05, 0.1) is 12.1 Å². The molecule has 0 bridgehead atoms. The molecule has 0 spiro atoms. The van der Waals surface area contributed by atoms with Crippen LogP contribution in [0.1, 0.15) is 32.6 Å². The van der Waals surface area contributed by atoms with Crippen molar-refractivity contribution >= 4 is 5.91 Å². The zero-order valence-electron chi connectivity index (χ0n) is 10.2. The Morgan fingerprint density at radius 3 is 2.81 bits per heavy atom. The van der Waals surface area contributed by atoms with Gasteiger partial charge in [0.25, 0.3) is 0 Å². The molecule has 1 aliphatic carbocycles. The van der Waals surface area contributed by atoms with Crippen LogP contribution in [0.3, 0.4) is 0 Å². The molecule has 2 aliphatic rings. The highest BCUT2D eigenvalue weighted by molar-refractivity contribution is 5.82. The van der Waals surface area contributed by atoms with Crippen LogP contribution in [0.4, 0.5) is 0 Å². The van der Waals surface area contributed by atoms with Gasteiger partial charge >= 0.3 is 0 Å². The van der Waals surface area contributed by atoms with Crippen molar-refractivity contribution in [2.24, 2.45) is 5.41 Å². The summed E-state index contributed by atoms with van der Waals surface area (Å²) in [5, 5.41) is 6.25. The molecule has 0 aromatic heterocycles. The standard InChI is InChI=1S/C12H22N2O2/c1-12(4-3-5-12)8-14-11(15)10-6-9(16-2)7-13-10/h9-10,13H,3-8H2,1-2H3,(H,14,15). The zero-order chi connectivity index (χ0) is 11.6. The van der Waals surface area contributed by atoms with Crippen LogP contribution in [-0.2, 0) is 9.53 Å². The summed E-state index contributed by atoms with van der Waals surface area (Å²) >= 11 is 0. The SMILES string of the molecule is COC1CNC(C(=O)NCC2(C)CCC2)C1. The fourth-order valence-corrected chi connectivity index (χ4v) is 2.46. The Hall–Kier alpha value is -0.610. The summed E-state index contributed by atoms with van der Waals surface area (Å²) in [6, 6.07) is -0.0615. The molecule has 92 valence electrons. The minimum atomic E-state index is -0.0615. The first kappa shape index (κ1) is 11.9. The molecule has 1 heterocycles. The second-order valence-electron chi connectivity index (χ2n) is 5.44. The van der Waals surface area contributed by atoms with E-state index < -0.39 is 0 Å². The molecule has 2 atom stereocenters. The fraction of sp³-hybridized carbons (Fsp3) is 0.917. The summed E-state index contributed by atoms with van der Waals surface area (Å²) in [4.78, 5) is 11.9. The number of rotatable bonds is 4. The largest absolute Gasteiger partial charge is 0.380 e. The van der Waals surface area contributed by atoms with Gasteiger partial charge in [-0.2, -0.15) is 0 Å². The first-order valence-electron chi connectivity index (χ1n) is 6.17. The maximum Gasteiger partial charge on any atom is 0.237 e. The highest BCUT2D eigenvalue weighted by Crippen LogP contribution is 2.39. The summed E-state index contributed by atoms with van der Waals surface area (Å²) in [7, 11) is 1.70. The minimum Gasteiger partial charge on any atom is -0.380 e. The third-order valence-electron chi connectivity index (χ3n) is 3.99. The molecule has 1 aliphatic heterocycles. The number of hydrogen-bond donors (Lipinski definition) is 2. The van der Waals surface area contributed by atoms with E-state index in [0.717, 1.165) is 19.5 Å². The van der Waals surface area contributed by atoms with Crippen LogP contribution in [0, 0.1) is 5.41 Å². The highest BCUT2D eigenvalue weighted by atomic mass is 16.5. The van der Waals surface area contributed by atoms with Crippen molar-refractivity contribution in [3.8, 4) is 0 Å². The van der Waals surface area contributed by atoms with Gasteiger partial charge in [0.15, 0.2) is 0 Å². The molecule has 1 amide bonds. The topological polar surface area (TPSA) is 50.4 Å². The van der Waals surface area contributed by atoms with Crippen LogP contribution >= 0.6 is 0 Å². The molecule has 4 heteroatoms. The molecule has 1 saturated heterocycles. The molecule has 2 unspecified atom stereocenters. The Kier molecular flexibility index (Phi) is 3.50. The lowest BCUT2D eigenvalue weighted by atomic mass is 9.70. The molecular weight excluding hydrogens is 204 g/mol. The molecule has 4 nitrogen and oxygen atoms in total. The van der Waals surface area contributed by atoms with Gasteiger partial charge in [0.2, 0.25) is 5.91 Å². The van der Waals surface area contributed by atoms with Gasteiger partial charge in [-0.1, -0.05) is 13.3 Å². The Labute approximate surface area is 97.1 Å². The highest BCUT2D eigenvalue weighted by Gasteiger charge is 2.34. The van der Waals surface area contributed by atoms with Crippen molar-refractivity contribution in [1.82, 2.24) is 10.6 Å². The normalized spacial score (nSPS) is 32.1. The monoisotopic (exact) mass is 226 g/mol. The number of nitrogens with one attached hydrogen (secondary N) is 2. The Bertz CT molecular complexity index is 264. The van der Waals surface area contributed by atoms with E-state index in [-0.39, 0.29) is 18.1 Å². The second-order valence-corrected chi connectivity index (χ2v) is 5.44. The Morgan fingerprint density at radius 2 is 2.31 bits per heavy atom. The zero-order valence-corrected chi connectivity index (χ0v) is 10.2. The molecule has 2 rings (SSSR count). The Morgan fingerprint density at radius 1 is 1.56 bits per heavy atom. The fourth-order valence-electron chi connectivity index (χ4n) is 2.46. The lowest BCUT2D eigenvalue weighted by Gasteiger charge is -2.38. The predicted molar refractivity (Wildman–Crippen MR) is 62.2 cm³/mol. The van der Waals surface area contributed by atoms with E-state index in [0.29, 0.717) is 5.41 Å². The van der Waals surface area contributed by atoms with E-state index in [4.69, 9.17) is 4.74 Å². The van der Waals surface area contributed by atoms with Gasteiger partial charge < -0.3 is 15.4 Å². The predicted octanol–water partition coefficient (Wildman–Crippen LogP) is 0.670. The average molecular weight is 226 g/mol. The van der Waals surface area contributed by atoms with Gasteiger partial charge in [-0.05, 0) is 24.7 Å². The Balaban J connectivity index is 1.72. The average Bonchev–Trinajstić information content (AvgIpc) is 2.71. The van der Waals surface area contributed by atoms with Crippen LogP contribution in [0.15, 0.2) is 0 Å². The van der Waals surface area contributed by atoms with Gasteiger partial charge in [-0.25, -0.2) is 0 Å².